The molecule has 1 amide bonds. The van der Waals surface area contributed by atoms with Gasteiger partial charge in [-0.1, -0.05) is 12.1 Å². The summed E-state index contributed by atoms with van der Waals surface area (Å²) in [7, 11) is 0. The molecule has 2 rings (SSSR count). The van der Waals surface area contributed by atoms with Gasteiger partial charge in [0.05, 0.1) is 11.7 Å². The molecule has 4 nitrogen and oxygen atoms in total. The molecule has 0 unspecified atom stereocenters. The molecule has 1 aliphatic rings. The first kappa shape index (κ1) is 12.9. The summed E-state index contributed by atoms with van der Waals surface area (Å²) in [5.74, 6) is 0.0306. The molecular weight excluding hydrogens is 228 g/mol. The van der Waals surface area contributed by atoms with Crippen LogP contribution in [0.25, 0.3) is 0 Å². The Kier molecular flexibility index (Phi) is 4.20. The number of piperidine rings is 1. The maximum atomic E-state index is 12.3. The van der Waals surface area contributed by atoms with Crippen LogP contribution in [0.1, 0.15) is 30.1 Å². The van der Waals surface area contributed by atoms with Crippen molar-refractivity contribution in [1.82, 2.24) is 4.90 Å². The number of likely N-dealkylation sites (tertiary alicyclic amines) is 1. The number of nitrogens with two attached hydrogens (primary N) is 1. The van der Waals surface area contributed by atoms with Crippen molar-refractivity contribution in [1.29, 1.82) is 0 Å². The zero-order valence-corrected chi connectivity index (χ0v) is 10.8. The highest BCUT2D eigenvalue weighted by Gasteiger charge is 2.24. The van der Waals surface area contributed by atoms with Crippen LogP contribution in [-0.4, -0.2) is 36.6 Å². The van der Waals surface area contributed by atoms with Gasteiger partial charge in [-0.05, 0) is 31.9 Å². The fourth-order valence-electron chi connectivity index (χ4n) is 2.32. The number of amides is 1. The van der Waals surface area contributed by atoms with Crippen LogP contribution >= 0.6 is 0 Å². The number of para-hydroxylation sites is 1. The molecule has 0 saturated carbocycles. The Morgan fingerprint density at radius 1 is 1.39 bits per heavy atom. The van der Waals surface area contributed by atoms with Gasteiger partial charge >= 0.3 is 0 Å². The Morgan fingerprint density at radius 2 is 2.06 bits per heavy atom. The van der Waals surface area contributed by atoms with E-state index in [4.69, 9.17) is 10.5 Å². The summed E-state index contributed by atoms with van der Waals surface area (Å²) in [6.07, 6.45) is 2.12. The number of ether oxygens (including phenoxy) is 1. The molecule has 98 valence electrons. The summed E-state index contributed by atoms with van der Waals surface area (Å²) >= 11 is 0. The van der Waals surface area contributed by atoms with Crippen molar-refractivity contribution < 1.29 is 9.53 Å². The highest BCUT2D eigenvalue weighted by molar-refractivity contribution is 5.99. The van der Waals surface area contributed by atoms with Crippen LogP contribution in [-0.2, 0) is 4.74 Å². The van der Waals surface area contributed by atoms with Gasteiger partial charge in [0.2, 0.25) is 0 Å². The van der Waals surface area contributed by atoms with Crippen LogP contribution in [0, 0.1) is 0 Å². The van der Waals surface area contributed by atoms with E-state index in [2.05, 4.69) is 0 Å². The maximum absolute atomic E-state index is 12.3. The van der Waals surface area contributed by atoms with Gasteiger partial charge in [-0.15, -0.1) is 0 Å². The van der Waals surface area contributed by atoms with Crippen molar-refractivity contribution in [2.75, 3.05) is 25.4 Å². The zero-order chi connectivity index (χ0) is 13.0. The molecule has 0 bridgehead atoms. The van der Waals surface area contributed by atoms with Gasteiger partial charge in [-0.2, -0.15) is 0 Å². The molecule has 18 heavy (non-hydrogen) atoms. The highest BCUT2D eigenvalue weighted by atomic mass is 16.5. The quantitative estimate of drug-likeness (QED) is 0.831. The predicted molar refractivity (Wildman–Crippen MR) is 71.4 cm³/mol. The van der Waals surface area contributed by atoms with E-state index in [1.54, 1.807) is 12.1 Å². The van der Waals surface area contributed by atoms with Crippen molar-refractivity contribution in [3.8, 4) is 0 Å². The van der Waals surface area contributed by atoms with Crippen LogP contribution in [0.4, 0.5) is 5.69 Å². The van der Waals surface area contributed by atoms with Crippen molar-refractivity contribution in [3.05, 3.63) is 29.8 Å². The first-order valence-electron chi connectivity index (χ1n) is 6.47. The minimum absolute atomic E-state index is 0.0306. The smallest absolute Gasteiger partial charge is 0.255 e. The average Bonchev–Trinajstić information content (AvgIpc) is 2.40. The Hall–Kier alpha value is -1.55. The lowest BCUT2D eigenvalue weighted by Crippen LogP contribution is -2.41. The van der Waals surface area contributed by atoms with Crippen molar-refractivity contribution in [2.24, 2.45) is 0 Å². The number of anilines is 1. The lowest BCUT2D eigenvalue weighted by molar-refractivity contribution is 0.0146. The Bertz CT molecular complexity index is 412. The van der Waals surface area contributed by atoms with Gasteiger partial charge < -0.3 is 15.4 Å². The van der Waals surface area contributed by atoms with Crippen molar-refractivity contribution in [3.63, 3.8) is 0 Å². The highest BCUT2D eigenvalue weighted by Crippen LogP contribution is 2.19. The van der Waals surface area contributed by atoms with Gasteiger partial charge in [0.1, 0.15) is 0 Å². The number of rotatable bonds is 3. The molecule has 0 aliphatic carbocycles. The summed E-state index contributed by atoms with van der Waals surface area (Å²) in [5, 5.41) is 0. The van der Waals surface area contributed by atoms with Crippen LogP contribution in [0.2, 0.25) is 0 Å². The van der Waals surface area contributed by atoms with Crippen molar-refractivity contribution >= 4 is 11.6 Å². The first-order valence-corrected chi connectivity index (χ1v) is 6.47. The van der Waals surface area contributed by atoms with E-state index in [-0.39, 0.29) is 5.91 Å². The lowest BCUT2D eigenvalue weighted by Gasteiger charge is -2.32. The van der Waals surface area contributed by atoms with E-state index in [1.165, 1.54) is 0 Å². The van der Waals surface area contributed by atoms with Crippen LogP contribution in [0.15, 0.2) is 24.3 Å². The lowest BCUT2D eigenvalue weighted by atomic mass is 10.1. The molecule has 0 atom stereocenters. The number of nitrogens with zero attached hydrogens (tertiary/aromatic N) is 1. The zero-order valence-electron chi connectivity index (χ0n) is 10.8. The van der Waals surface area contributed by atoms with Gasteiger partial charge in [0.25, 0.3) is 5.91 Å². The van der Waals surface area contributed by atoms with E-state index < -0.39 is 0 Å². The summed E-state index contributed by atoms with van der Waals surface area (Å²) in [6, 6.07) is 7.23. The number of benzene rings is 1. The molecule has 1 saturated heterocycles. The second-order valence-corrected chi connectivity index (χ2v) is 4.53. The summed E-state index contributed by atoms with van der Waals surface area (Å²) < 4.78 is 5.58. The van der Waals surface area contributed by atoms with E-state index in [1.807, 2.05) is 24.0 Å². The minimum Gasteiger partial charge on any atom is -0.398 e. The Balaban J connectivity index is 1.98. The Morgan fingerprint density at radius 3 is 2.67 bits per heavy atom. The van der Waals surface area contributed by atoms with Crippen molar-refractivity contribution in [2.45, 2.75) is 25.9 Å². The molecule has 0 aromatic heterocycles. The largest absolute Gasteiger partial charge is 0.398 e. The van der Waals surface area contributed by atoms with E-state index in [9.17, 15) is 4.79 Å². The van der Waals surface area contributed by atoms with E-state index >= 15 is 0 Å². The van der Waals surface area contributed by atoms with E-state index in [0.29, 0.717) is 17.4 Å². The summed E-state index contributed by atoms with van der Waals surface area (Å²) in [4.78, 5) is 14.2. The summed E-state index contributed by atoms with van der Waals surface area (Å²) in [6.45, 7) is 4.24. The third kappa shape index (κ3) is 2.82. The number of hydrogen-bond acceptors (Lipinski definition) is 3. The topological polar surface area (TPSA) is 55.6 Å². The molecular formula is C14H20N2O2. The van der Waals surface area contributed by atoms with Crippen LogP contribution < -0.4 is 5.73 Å². The molecule has 2 N–H and O–H groups in total. The monoisotopic (exact) mass is 248 g/mol. The normalized spacial score (nSPS) is 16.8. The molecule has 4 heteroatoms. The maximum Gasteiger partial charge on any atom is 0.255 e. The van der Waals surface area contributed by atoms with Gasteiger partial charge in [0.15, 0.2) is 0 Å². The average molecular weight is 248 g/mol. The number of hydrogen-bond donors (Lipinski definition) is 1. The molecule has 0 spiro atoms. The van der Waals surface area contributed by atoms with Crippen LogP contribution in [0.5, 0.6) is 0 Å². The van der Waals surface area contributed by atoms with E-state index in [0.717, 1.165) is 32.5 Å². The minimum atomic E-state index is 0.0306. The molecule has 1 aliphatic heterocycles. The second kappa shape index (κ2) is 5.87. The fourth-order valence-corrected chi connectivity index (χ4v) is 2.32. The number of carbonyl (C=O) groups is 1. The van der Waals surface area contributed by atoms with Gasteiger partial charge in [-0.25, -0.2) is 0 Å². The SMILES string of the molecule is CCOC1CCN(C(=O)c2ccccc2N)CC1. The standard InChI is InChI=1S/C14H20N2O2/c1-2-18-11-7-9-16(10-8-11)14(17)12-5-3-4-6-13(12)15/h3-6,11H,2,7-10,15H2,1H3. The van der Waals surface area contributed by atoms with Gasteiger partial charge in [0, 0.05) is 25.4 Å². The predicted octanol–water partition coefficient (Wildman–Crippen LogP) is 1.91. The second-order valence-electron chi connectivity index (χ2n) is 4.53. The third-order valence-corrected chi connectivity index (χ3v) is 3.32. The molecule has 1 aromatic carbocycles. The number of carbonyl (C=O) groups excluding carboxylic acids is 1. The van der Waals surface area contributed by atoms with Gasteiger partial charge in [-0.3, -0.25) is 4.79 Å². The van der Waals surface area contributed by atoms with Crippen LogP contribution in [0.3, 0.4) is 0 Å². The molecule has 0 radical (unpaired) electrons. The molecule has 1 heterocycles. The Labute approximate surface area is 108 Å². The third-order valence-electron chi connectivity index (χ3n) is 3.32. The first-order chi connectivity index (χ1) is 8.72. The molecule has 1 aromatic rings. The molecule has 1 fully saturated rings. The number of nitrogen functional groups attached to an aromatic ring is 1. The fraction of sp³-hybridized carbons (Fsp3) is 0.500. The summed E-state index contributed by atoms with van der Waals surface area (Å²) in [5.41, 5.74) is 6.99.